The van der Waals surface area contributed by atoms with Crippen LogP contribution in [0.1, 0.15) is 16.8 Å². The molecule has 0 bridgehead atoms. The number of nitrogens with zero attached hydrogens (tertiary/aromatic N) is 5. The molecule has 0 fully saturated rings. The molecule has 3 aromatic carbocycles. The number of rotatable bonds is 8. The summed E-state index contributed by atoms with van der Waals surface area (Å²) in [5.41, 5.74) is 4.23. The van der Waals surface area contributed by atoms with Gasteiger partial charge >= 0.3 is 0 Å². The Morgan fingerprint density at radius 2 is 1.43 bits per heavy atom. The molecular weight excluding hydrogens is 370 g/mol. The average molecular weight is 393 g/mol. The molecule has 0 saturated carbocycles. The van der Waals surface area contributed by atoms with E-state index in [4.69, 9.17) is 0 Å². The molecule has 4 aromatic rings. The van der Waals surface area contributed by atoms with Gasteiger partial charge in [-0.25, -0.2) is 4.68 Å². The van der Waals surface area contributed by atoms with Gasteiger partial charge in [0.2, 0.25) is 0 Å². The van der Waals surface area contributed by atoms with Crippen LogP contribution in [-0.4, -0.2) is 21.2 Å². The van der Waals surface area contributed by atoms with E-state index in [1.54, 1.807) is 6.21 Å². The molecule has 0 saturated heterocycles. The molecule has 1 aromatic heterocycles. The Hall–Kier alpha value is -3.99. The number of aromatic nitrogens is 3. The van der Waals surface area contributed by atoms with Crippen molar-refractivity contribution in [2.75, 3.05) is 5.01 Å². The van der Waals surface area contributed by atoms with Gasteiger partial charge in [0, 0.05) is 6.21 Å². The zero-order valence-corrected chi connectivity index (χ0v) is 16.6. The first-order valence-electron chi connectivity index (χ1n) is 9.88. The van der Waals surface area contributed by atoms with Crippen molar-refractivity contribution < 1.29 is 0 Å². The van der Waals surface area contributed by atoms with Crippen LogP contribution in [0.25, 0.3) is 6.08 Å². The van der Waals surface area contributed by atoms with Crippen molar-refractivity contribution in [3.8, 4) is 0 Å². The number of hydrazone groups is 1. The third kappa shape index (κ3) is 5.52. The van der Waals surface area contributed by atoms with Crippen LogP contribution < -0.4 is 5.01 Å². The van der Waals surface area contributed by atoms with E-state index >= 15 is 0 Å². The van der Waals surface area contributed by atoms with Crippen LogP contribution in [0.15, 0.2) is 108 Å². The summed E-state index contributed by atoms with van der Waals surface area (Å²) in [7, 11) is 0. The van der Waals surface area contributed by atoms with Crippen molar-refractivity contribution in [3.05, 3.63) is 120 Å². The van der Waals surface area contributed by atoms with Gasteiger partial charge in [0.15, 0.2) is 0 Å². The number of hydrogen-bond acceptors (Lipinski definition) is 4. The van der Waals surface area contributed by atoms with E-state index in [2.05, 4.69) is 51.8 Å². The second-order valence-electron chi connectivity index (χ2n) is 6.83. The third-order valence-corrected chi connectivity index (χ3v) is 4.53. The standard InChI is InChI=1S/C25H23N5/c1-4-11-22(12-5-1)19-29-21-24(27-28-29)15-10-18-26-30(25-16-8-3-9-17-25)20-23-13-6-2-7-14-23/h1-18,21H,19-20H2/b15-10+,26-18-. The summed E-state index contributed by atoms with van der Waals surface area (Å²) in [4.78, 5) is 0. The zero-order valence-electron chi connectivity index (χ0n) is 16.6. The second-order valence-corrected chi connectivity index (χ2v) is 6.83. The summed E-state index contributed by atoms with van der Waals surface area (Å²) in [5, 5.41) is 15.0. The molecule has 0 aliphatic carbocycles. The molecule has 1 heterocycles. The van der Waals surface area contributed by atoms with Crippen LogP contribution >= 0.6 is 0 Å². The maximum absolute atomic E-state index is 4.65. The molecule has 5 heteroatoms. The molecule has 0 aliphatic rings. The van der Waals surface area contributed by atoms with Gasteiger partial charge in [-0.2, -0.15) is 5.10 Å². The molecule has 4 rings (SSSR count). The number of allylic oxidation sites excluding steroid dienone is 1. The van der Waals surface area contributed by atoms with Crippen LogP contribution in [0.5, 0.6) is 0 Å². The Morgan fingerprint density at radius 1 is 0.800 bits per heavy atom. The van der Waals surface area contributed by atoms with Crippen LogP contribution in [-0.2, 0) is 13.1 Å². The summed E-state index contributed by atoms with van der Waals surface area (Å²) < 4.78 is 1.83. The fraction of sp³-hybridized carbons (Fsp3) is 0.0800. The lowest BCUT2D eigenvalue weighted by atomic mass is 10.2. The summed E-state index contributed by atoms with van der Waals surface area (Å²) >= 11 is 0. The molecular formula is C25H23N5. The van der Waals surface area contributed by atoms with E-state index in [1.807, 2.05) is 82.6 Å². The van der Waals surface area contributed by atoms with E-state index in [9.17, 15) is 0 Å². The highest BCUT2D eigenvalue weighted by Crippen LogP contribution is 2.17. The van der Waals surface area contributed by atoms with Crippen molar-refractivity contribution in [3.63, 3.8) is 0 Å². The van der Waals surface area contributed by atoms with E-state index in [0.717, 1.165) is 11.4 Å². The van der Waals surface area contributed by atoms with E-state index in [0.29, 0.717) is 13.1 Å². The lowest BCUT2D eigenvalue weighted by Crippen LogP contribution is -2.15. The minimum Gasteiger partial charge on any atom is -0.261 e. The Balaban J connectivity index is 1.42. The Bertz CT molecular complexity index is 1090. The SMILES string of the molecule is C(/C=C/c1cn(Cc2ccccc2)nn1)=N/N(Cc1ccccc1)c1ccccc1. The van der Waals surface area contributed by atoms with E-state index < -0.39 is 0 Å². The van der Waals surface area contributed by atoms with Gasteiger partial charge < -0.3 is 0 Å². The third-order valence-electron chi connectivity index (χ3n) is 4.53. The van der Waals surface area contributed by atoms with Crippen LogP contribution in [0.4, 0.5) is 5.69 Å². The molecule has 0 aliphatic heterocycles. The Labute approximate surface area is 176 Å². The Kier molecular flexibility index (Phi) is 6.43. The fourth-order valence-electron chi connectivity index (χ4n) is 3.05. The summed E-state index contributed by atoms with van der Waals surface area (Å²) in [6.45, 7) is 1.40. The summed E-state index contributed by atoms with van der Waals surface area (Å²) in [5.74, 6) is 0. The van der Waals surface area contributed by atoms with Gasteiger partial charge in [0.25, 0.3) is 0 Å². The van der Waals surface area contributed by atoms with Gasteiger partial charge in [-0.05, 0) is 35.4 Å². The molecule has 0 unspecified atom stereocenters. The number of hydrogen-bond donors (Lipinski definition) is 0. The summed E-state index contributed by atoms with van der Waals surface area (Å²) in [6, 6.07) is 30.7. The quantitative estimate of drug-likeness (QED) is 0.311. The predicted octanol–water partition coefficient (Wildman–Crippen LogP) is 5.03. The van der Waals surface area contributed by atoms with Crippen molar-refractivity contribution in [1.82, 2.24) is 15.0 Å². The topological polar surface area (TPSA) is 46.3 Å². The normalized spacial score (nSPS) is 11.3. The first-order valence-corrected chi connectivity index (χ1v) is 9.88. The highest BCUT2D eigenvalue weighted by molar-refractivity contribution is 5.78. The minimum atomic E-state index is 0.697. The van der Waals surface area contributed by atoms with Crippen molar-refractivity contribution in [2.24, 2.45) is 5.10 Å². The maximum Gasteiger partial charge on any atom is 0.105 e. The number of benzene rings is 3. The summed E-state index contributed by atoms with van der Waals surface area (Å²) in [6.07, 6.45) is 7.50. The average Bonchev–Trinajstić information content (AvgIpc) is 3.25. The monoisotopic (exact) mass is 393 g/mol. The highest BCUT2D eigenvalue weighted by atomic mass is 15.4. The van der Waals surface area contributed by atoms with Crippen molar-refractivity contribution >= 4 is 18.0 Å². The lowest BCUT2D eigenvalue weighted by molar-refractivity contribution is 0.649. The fourth-order valence-corrected chi connectivity index (χ4v) is 3.05. The molecule has 0 spiro atoms. The zero-order chi connectivity index (χ0) is 20.4. The van der Waals surface area contributed by atoms with Gasteiger partial charge in [-0.1, -0.05) is 84.1 Å². The van der Waals surface area contributed by atoms with Gasteiger partial charge in [0.1, 0.15) is 5.69 Å². The smallest absolute Gasteiger partial charge is 0.105 e. The first-order chi connectivity index (χ1) is 14.9. The van der Waals surface area contributed by atoms with Crippen molar-refractivity contribution in [2.45, 2.75) is 13.1 Å². The minimum absolute atomic E-state index is 0.697. The molecule has 148 valence electrons. The Morgan fingerprint density at radius 3 is 2.13 bits per heavy atom. The van der Waals surface area contributed by atoms with Gasteiger partial charge in [-0.3, -0.25) is 5.01 Å². The molecule has 0 N–H and O–H groups in total. The van der Waals surface area contributed by atoms with Crippen LogP contribution in [0.3, 0.4) is 0 Å². The van der Waals surface area contributed by atoms with Gasteiger partial charge in [-0.15, -0.1) is 5.10 Å². The largest absolute Gasteiger partial charge is 0.261 e. The first kappa shape index (κ1) is 19.3. The van der Waals surface area contributed by atoms with Crippen LogP contribution in [0, 0.1) is 0 Å². The lowest BCUT2D eigenvalue weighted by Gasteiger charge is -2.19. The molecule has 0 atom stereocenters. The number of para-hydroxylation sites is 1. The molecule has 30 heavy (non-hydrogen) atoms. The van der Waals surface area contributed by atoms with E-state index in [1.165, 1.54) is 11.1 Å². The number of anilines is 1. The van der Waals surface area contributed by atoms with Gasteiger partial charge in [0.05, 0.1) is 25.0 Å². The van der Waals surface area contributed by atoms with Crippen LogP contribution in [0.2, 0.25) is 0 Å². The maximum atomic E-state index is 4.65. The van der Waals surface area contributed by atoms with E-state index in [-0.39, 0.29) is 0 Å². The molecule has 0 amide bonds. The van der Waals surface area contributed by atoms with Crippen molar-refractivity contribution in [1.29, 1.82) is 0 Å². The second kappa shape index (κ2) is 9.98. The molecule has 0 radical (unpaired) electrons. The highest BCUT2D eigenvalue weighted by Gasteiger charge is 2.04. The molecule has 5 nitrogen and oxygen atoms in total. The predicted molar refractivity (Wildman–Crippen MR) is 122 cm³/mol.